The van der Waals surface area contributed by atoms with Crippen LogP contribution >= 0.6 is 0 Å². The number of hydrogen-bond acceptors (Lipinski definition) is 6. The molecule has 0 bridgehead atoms. The quantitative estimate of drug-likeness (QED) is 0.596. The summed E-state index contributed by atoms with van der Waals surface area (Å²) in [6, 6.07) is 9.72. The Morgan fingerprint density at radius 1 is 1.38 bits per heavy atom. The molecule has 8 heteroatoms. The summed E-state index contributed by atoms with van der Waals surface area (Å²) in [6.45, 7) is 1.98. The van der Waals surface area contributed by atoms with Gasteiger partial charge in [0, 0.05) is 0 Å². The summed E-state index contributed by atoms with van der Waals surface area (Å²) in [5, 5.41) is 15.0. The van der Waals surface area contributed by atoms with Gasteiger partial charge in [0.2, 0.25) is 0 Å². The van der Waals surface area contributed by atoms with Gasteiger partial charge in [-0.25, -0.2) is 5.43 Å². The molecule has 0 aliphatic rings. The first-order valence-corrected chi connectivity index (χ1v) is 6.63. The molecule has 1 heterocycles. The first-order valence-electron chi connectivity index (χ1n) is 6.63. The molecule has 8 nitrogen and oxygen atoms in total. The number of amides is 1. The number of anilines is 1. The molecule has 0 aliphatic carbocycles. The molecule has 21 heavy (non-hydrogen) atoms. The molecule has 0 fully saturated rings. The van der Waals surface area contributed by atoms with E-state index in [0.29, 0.717) is 0 Å². The van der Waals surface area contributed by atoms with Crippen LogP contribution in [0.1, 0.15) is 25.3 Å². The van der Waals surface area contributed by atoms with Gasteiger partial charge in [0.05, 0.1) is 5.71 Å². The fourth-order valence-corrected chi connectivity index (χ4v) is 1.75. The summed E-state index contributed by atoms with van der Waals surface area (Å²) in [5.74, 6) is -0.306. The minimum Gasteiger partial charge on any atom is -0.365 e. The maximum atomic E-state index is 11.8. The van der Waals surface area contributed by atoms with Gasteiger partial charge in [-0.1, -0.05) is 48.8 Å². The molecule has 2 rings (SSSR count). The van der Waals surface area contributed by atoms with E-state index < -0.39 is 0 Å². The lowest BCUT2D eigenvalue weighted by Crippen LogP contribution is -2.26. The van der Waals surface area contributed by atoms with E-state index in [1.54, 1.807) is 0 Å². The van der Waals surface area contributed by atoms with Crippen molar-refractivity contribution in [1.29, 1.82) is 0 Å². The summed E-state index contributed by atoms with van der Waals surface area (Å²) >= 11 is 0. The predicted octanol–water partition coefficient (Wildman–Crippen LogP) is 0.576. The average Bonchev–Trinajstić information content (AvgIpc) is 2.89. The molecule has 1 aromatic heterocycles. The van der Waals surface area contributed by atoms with Crippen LogP contribution in [-0.4, -0.2) is 31.8 Å². The van der Waals surface area contributed by atoms with E-state index in [1.165, 1.54) is 0 Å². The summed E-state index contributed by atoms with van der Waals surface area (Å²) in [5.41, 5.74) is 9.65. The van der Waals surface area contributed by atoms with E-state index in [0.717, 1.165) is 28.9 Å². The minimum absolute atomic E-state index is 0.0299. The Labute approximate surface area is 122 Å². The minimum atomic E-state index is -0.336. The molecular formula is C13H17N7O. The lowest BCUT2D eigenvalue weighted by atomic mass is 10.1. The van der Waals surface area contributed by atoms with Gasteiger partial charge in [-0.05, 0) is 17.2 Å². The summed E-state index contributed by atoms with van der Waals surface area (Å²) in [7, 11) is 0. The fraction of sp³-hybridized carbons (Fsp3) is 0.308. The van der Waals surface area contributed by atoms with E-state index in [-0.39, 0.29) is 18.4 Å². The number of nitrogens with one attached hydrogen (secondary N) is 1. The van der Waals surface area contributed by atoms with Crippen molar-refractivity contribution in [3.05, 3.63) is 35.9 Å². The highest BCUT2D eigenvalue weighted by Gasteiger charge is 2.07. The van der Waals surface area contributed by atoms with Crippen LogP contribution in [0.4, 0.5) is 5.95 Å². The van der Waals surface area contributed by atoms with Crippen LogP contribution in [-0.2, 0) is 11.3 Å². The Balaban J connectivity index is 2.00. The van der Waals surface area contributed by atoms with Crippen molar-refractivity contribution in [2.45, 2.75) is 26.3 Å². The van der Waals surface area contributed by atoms with Gasteiger partial charge >= 0.3 is 0 Å². The van der Waals surface area contributed by atoms with Gasteiger partial charge in [-0.3, -0.25) is 4.79 Å². The monoisotopic (exact) mass is 287 g/mol. The zero-order valence-corrected chi connectivity index (χ0v) is 11.7. The van der Waals surface area contributed by atoms with Crippen LogP contribution in [0.2, 0.25) is 0 Å². The molecule has 0 saturated carbocycles. The Bertz CT molecular complexity index is 620. The van der Waals surface area contributed by atoms with Crippen molar-refractivity contribution >= 4 is 17.6 Å². The zero-order chi connectivity index (χ0) is 15.1. The highest BCUT2D eigenvalue weighted by Crippen LogP contribution is 2.05. The molecule has 110 valence electrons. The zero-order valence-electron chi connectivity index (χ0n) is 11.7. The summed E-state index contributed by atoms with van der Waals surface area (Å²) in [6.07, 6.45) is 1.71. The second kappa shape index (κ2) is 7.13. The SMILES string of the molecule is CCC/C(=N\NC(=O)Cn1nnc(N)n1)c1ccccc1. The number of rotatable bonds is 6. The number of nitrogen functional groups attached to an aromatic ring is 1. The largest absolute Gasteiger partial charge is 0.365 e. The molecule has 0 spiro atoms. The normalized spacial score (nSPS) is 11.4. The number of nitrogens with two attached hydrogens (primary N) is 1. The van der Waals surface area contributed by atoms with Crippen molar-refractivity contribution in [1.82, 2.24) is 25.6 Å². The van der Waals surface area contributed by atoms with Crippen molar-refractivity contribution in [3.8, 4) is 0 Å². The molecule has 0 aliphatic heterocycles. The van der Waals surface area contributed by atoms with E-state index in [2.05, 4.69) is 32.9 Å². The smallest absolute Gasteiger partial charge is 0.263 e. The third-order valence-corrected chi connectivity index (χ3v) is 2.66. The van der Waals surface area contributed by atoms with Crippen LogP contribution in [0.3, 0.4) is 0 Å². The highest BCUT2D eigenvalue weighted by molar-refractivity contribution is 6.01. The van der Waals surface area contributed by atoms with E-state index in [4.69, 9.17) is 5.73 Å². The predicted molar refractivity (Wildman–Crippen MR) is 78.3 cm³/mol. The van der Waals surface area contributed by atoms with Crippen molar-refractivity contribution < 1.29 is 4.79 Å². The van der Waals surface area contributed by atoms with E-state index in [1.807, 2.05) is 30.3 Å². The first-order chi connectivity index (χ1) is 10.2. The molecule has 0 saturated heterocycles. The second-order valence-electron chi connectivity index (χ2n) is 4.39. The van der Waals surface area contributed by atoms with Gasteiger partial charge in [0.1, 0.15) is 6.54 Å². The number of hydrazone groups is 1. The van der Waals surface area contributed by atoms with E-state index >= 15 is 0 Å². The summed E-state index contributed by atoms with van der Waals surface area (Å²) < 4.78 is 0. The fourth-order valence-electron chi connectivity index (χ4n) is 1.75. The third kappa shape index (κ3) is 4.37. The number of tetrazole rings is 1. The first kappa shape index (κ1) is 14.6. The van der Waals surface area contributed by atoms with Gasteiger partial charge in [-0.15, -0.1) is 5.10 Å². The van der Waals surface area contributed by atoms with Crippen LogP contribution in [0.5, 0.6) is 0 Å². The summed E-state index contributed by atoms with van der Waals surface area (Å²) in [4.78, 5) is 12.9. The Kier molecular flexibility index (Phi) is 4.97. The number of carbonyl (C=O) groups excluding carboxylic acids is 1. The maximum Gasteiger partial charge on any atom is 0.263 e. The number of benzene rings is 1. The second-order valence-corrected chi connectivity index (χ2v) is 4.39. The molecule has 0 unspecified atom stereocenters. The topological polar surface area (TPSA) is 111 Å². The Morgan fingerprint density at radius 2 is 2.14 bits per heavy atom. The third-order valence-electron chi connectivity index (χ3n) is 2.66. The Morgan fingerprint density at radius 3 is 2.76 bits per heavy atom. The van der Waals surface area contributed by atoms with Crippen LogP contribution in [0, 0.1) is 0 Å². The molecule has 3 N–H and O–H groups in total. The van der Waals surface area contributed by atoms with Crippen molar-refractivity contribution in [3.63, 3.8) is 0 Å². The van der Waals surface area contributed by atoms with Crippen LogP contribution in [0.25, 0.3) is 0 Å². The Hall–Kier alpha value is -2.77. The van der Waals surface area contributed by atoms with Gasteiger partial charge in [-0.2, -0.15) is 9.90 Å². The van der Waals surface area contributed by atoms with E-state index in [9.17, 15) is 4.79 Å². The average molecular weight is 287 g/mol. The molecular weight excluding hydrogens is 270 g/mol. The molecule has 1 amide bonds. The lowest BCUT2D eigenvalue weighted by Gasteiger charge is -2.06. The van der Waals surface area contributed by atoms with Gasteiger partial charge in [0.15, 0.2) is 0 Å². The van der Waals surface area contributed by atoms with Gasteiger partial charge < -0.3 is 5.73 Å². The number of nitrogens with zero attached hydrogens (tertiary/aromatic N) is 5. The standard InChI is InChI=1S/C13H17N7O/c1-2-6-11(10-7-4-3-5-8-10)15-16-12(21)9-20-18-13(14)17-19-20/h3-5,7-8H,2,6,9H2,1H3,(H2,14,18)(H,16,21)/b15-11+. The molecule has 0 radical (unpaired) electrons. The van der Waals surface area contributed by atoms with Gasteiger partial charge in [0.25, 0.3) is 11.9 Å². The van der Waals surface area contributed by atoms with Crippen LogP contribution < -0.4 is 11.2 Å². The molecule has 2 aromatic rings. The highest BCUT2D eigenvalue weighted by atomic mass is 16.2. The van der Waals surface area contributed by atoms with Crippen molar-refractivity contribution in [2.75, 3.05) is 5.73 Å². The molecule has 0 atom stereocenters. The number of carbonyl (C=O) groups is 1. The lowest BCUT2D eigenvalue weighted by molar-refractivity contribution is -0.122. The number of hydrogen-bond donors (Lipinski definition) is 2. The van der Waals surface area contributed by atoms with Crippen LogP contribution in [0.15, 0.2) is 35.4 Å². The maximum absolute atomic E-state index is 11.8. The van der Waals surface area contributed by atoms with Crippen molar-refractivity contribution in [2.24, 2.45) is 5.10 Å². The number of aromatic nitrogens is 4. The molecule has 1 aromatic carbocycles.